The van der Waals surface area contributed by atoms with Crippen LogP contribution in [0.15, 0.2) is 36.0 Å². The van der Waals surface area contributed by atoms with Crippen LogP contribution in [-0.4, -0.2) is 16.1 Å². The molecule has 0 saturated carbocycles. The van der Waals surface area contributed by atoms with Crippen molar-refractivity contribution in [3.8, 4) is 0 Å². The maximum absolute atomic E-state index is 10.3. The molecule has 2 heterocycles. The Kier molecular flexibility index (Phi) is 2.82. The number of hydrogen-bond acceptors (Lipinski definition) is 4. The van der Waals surface area contributed by atoms with Gasteiger partial charge in [-0.2, -0.15) is 0 Å². The Balaban J connectivity index is 1.80. The van der Waals surface area contributed by atoms with Crippen LogP contribution in [0.2, 0.25) is 0 Å². The van der Waals surface area contributed by atoms with E-state index in [1.807, 2.05) is 6.07 Å². The van der Waals surface area contributed by atoms with Gasteiger partial charge in [-0.05, 0) is 24.5 Å². The van der Waals surface area contributed by atoms with Crippen LogP contribution < -0.4 is 5.32 Å². The lowest BCUT2D eigenvalue weighted by molar-refractivity contribution is 0.152. The number of anilines is 1. The average Bonchev–Trinajstić information content (AvgIpc) is 2.91. The second kappa shape index (κ2) is 4.47. The van der Waals surface area contributed by atoms with E-state index in [-0.39, 0.29) is 6.04 Å². The summed E-state index contributed by atoms with van der Waals surface area (Å²) in [5.41, 5.74) is 4.24. The Bertz CT molecular complexity index is 498. The molecule has 0 saturated heterocycles. The normalized spacial score (nSPS) is 20.4. The zero-order valence-corrected chi connectivity index (χ0v) is 10.2. The molecule has 1 aliphatic rings. The highest BCUT2D eigenvalue weighted by Gasteiger charge is 2.25. The molecule has 0 amide bonds. The molecule has 1 aromatic heterocycles. The van der Waals surface area contributed by atoms with E-state index in [4.69, 9.17) is 0 Å². The van der Waals surface area contributed by atoms with E-state index in [2.05, 4.69) is 28.5 Å². The first-order valence-electron chi connectivity index (χ1n) is 5.75. The number of thiazole rings is 1. The molecule has 2 N–H and O–H groups in total. The summed E-state index contributed by atoms with van der Waals surface area (Å²) in [6, 6.07) is 8.37. The highest BCUT2D eigenvalue weighted by Crippen LogP contribution is 2.31. The van der Waals surface area contributed by atoms with Gasteiger partial charge in [-0.3, -0.25) is 4.98 Å². The second-order valence-corrected chi connectivity index (χ2v) is 5.21. The molecule has 2 atom stereocenters. The van der Waals surface area contributed by atoms with Crippen molar-refractivity contribution in [3.63, 3.8) is 0 Å². The first-order chi connectivity index (χ1) is 8.34. The number of aromatic nitrogens is 1. The van der Waals surface area contributed by atoms with Crippen LogP contribution in [-0.2, 0) is 6.42 Å². The first-order valence-corrected chi connectivity index (χ1v) is 6.63. The molecule has 0 bridgehead atoms. The lowest BCUT2D eigenvalue weighted by Gasteiger charge is -2.30. The molecule has 3 rings (SSSR count). The van der Waals surface area contributed by atoms with Gasteiger partial charge < -0.3 is 10.4 Å². The van der Waals surface area contributed by atoms with Crippen molar-refractivity contribution in [2.75, 3.05) is 5.32 Å². The highest BCUT2D eigenvalue weighted by atomic mass is 32.1. The van der Waals surface area contributed by atoms with Gasteiger partial charge in [0.05, 0.1) is 16.4 Å². The van der Waals surface area contributed by atoms with E-state index in [1.54, 1.807) is 11.7 Å². The third-order valence-electron chi connectivity index (χ3n) is 3.21. The minimum atomic E-state index is -0.462. The third-order valence-corrected chi connectivity index (χ3v) is 4.05. The van der Waals surface area contributed by atoms with Gasteiger partial charge in [0, 0.05) is 11.9 Å². The van der Waals surface area contributed by atoms with Gasteiger partial charge in [-0.15, -0.1) is 11.3 Å². The van der Waals surface area contributed by atoms with E-state index in [0.29, 0.717) is 0 Å². The molecular formula is C13H14N2OS. The van der Waals surface area contributed by atoms with E-state index < -0.39 is 6.10 Å². The molecule has 0 radical (unpaired) electrons. The largest absolute Gasteiger partial charge is 0.385 e. The number of aliphatic hydroxyl groups excluding tert-OH is 1. The number of hydrogen-bond donors (Lipinski definition) is 2. The van der Waals surface area contributed by atoms with E-state index in [0.717, 1.165) is 23.4 Å². The summed E-state index contributed by atoms with van der Waals surface area (Å²) in [4.78, 5) is 4.95. The van der Waals surface area contributed by atoms with Gasteiger partial charge in [0.1, 0.15) is 6.10 Å². The molecule has 88 valence electrons. The van der Waals surface area contributed by atoms with Gasteiger partial charge in [-0.25, -0.2) is 0 Å². The quantitative estimate of drug-likeness (QED) is 0.856. The molecule has 1 aliphatic heterocycles. The fourth-order valence-electron chi connectivity index (χ4n) is 2.27. The molecule has 3 nitrogen and oxygen atoms in total. The minimum absolute atomic E-state index is 0.0883. The van der Waals surface area contributed by atoms with E-state index in [9.17, 15) is 5.11 Å². The SMILES string of the molecule is OC(c1cncs1)C1CCc2ccccc2N1. The molecule has 2 aromatic rings. The maximum Gasteiger partial charge on any atom is 0.110 e. The van der Waals surface area contributed by atoms with Crippen molar-refractivity contribution in [3.05, 3.63) is 46.4 Å². The first kappa shape index (κ1) is 10.7. The minimum Gasteiger partial charge on any atom is -0.385 e. The second-order valence-electron chi connectivity index (χ2n) is 4.30. The predicted molar refractivity (Wildman–Crippen MR) is 69.2 cm³/mol. The fourth-order valence-corrected chi connectivity index (χ4v) is 2.94. The summed E-state index contributed by atoms with van der Waals surface area (Å²) in [6.07, 6.45) is 3.26. The number of para-hydroxylation sites is 1. The Morgan fingerprint density at radius 2 is 2.29 bits per heavy atom. The summed E-state index contributed by atoms with van der Waals surface area (Å²) >= 11 is 1.50. The summed E-state index contributed by atoms with van der Waals surface area (Å²) in [7, 11) is 0. The van der Waals surface area contributed by atoms with Crippen LogP contribution in [0.3, 0.4) is 0 Å². The van der Waals surface area contributed by atoms with Crippen molar-refractivity contribution >= 4 is 17.0 Å². The summed E-state index contributed by atoms with van der Waals surface area (Å²) in [6.45, 7) is 0. The van der Waals surface area contributed by atoms with Crippen molar-refractivity contribution in [2.24, 2.45) is 0 Å². The Hall–Kier alpha value is -1.39. The van der Waals surface area contributed by atoms with Gasteiger partial charge in [0.25, 0.3) is 0 Å². The van der Waals surface area contributed by atoms with Gasteiger partial charge >= 0.3 is 0 Å². The lowest BCUT2D eigenvalue weighted by atomic mass is 9.94. The Labute approximate surface area is 104 Å². The van der Waals surface area contributed by atoms with Crippen molar-refractivity contribution in [2.45, 2.75) is 25.0 Å². The average molecular weight is 246 g/mol. The van der Waals surface area contributed by atoms with Crippen molar-refractivity contribution in [1.29, 1.82) is 0 Å². The van der Waals surface area contributed by atoms with Crippen LogP contribution in [0.1, 0.15) is 23.0 Å². The fraction of sp³-hybridized carbons (Fsp3) is 0.308. The number of benzene rings is 1. The Morgan fingerprint density at radius 1 is 1.41 bits per heavy atom. The van der Waals surface area contributed by atoms with Crippen molar-refractivity contribution in [1.82, 2.24) is 4.98 Å². The number of aryl methyl sites for hydroxylation is 1. The lowest BCUT2D eigenvalue weighted by Crippen LogP contribution is -2.31. The number of fused-ring (bicyclic) bond motifs is 1. The molecule has 0 aliphatic carbocycles. The summed E-state index contributed by atoms with van der Waals surface area (Å²) < 4.78 is 0. The number of aliphatic hydroxyl groups is 1. The molecular weight excluding hydrogens is 232 g/mol. The number of rotatable bonds is 2. The molecule has 1 aromatic carbocycles. The number of nitrogens with zero attached hydrogens (tertiary/aromatic N) is 1. The molecule has 4 heteroatoms. The molecule has 2 unspecified atom stereocenters. The van der Waals surface area contributed by atoms with Crippen LogP contribution in [0.5, 0.6) is 0 Å². The van der Waals surface area contributed by atoms with Crippen LogP contribution >= 0.6 is 11.3 Å². The predicted octanol–water partition coefficient (Wildman–Crippen LogP) is 2.60. The van der Waals surface area contributed by atoms with Crippen LogP contribution in [0, 0.1) is 0 Å². The molecule has 0 fully saturated rings. The maximum atomic E-state index is 10.3. The van der Waals surface area contributed by atoms with Crippen molar-refractivity contribution < 1.29 is 5.11 Å². The van der Waals surface area contributed by atoms with E-state index >= 15 is 0 Å². The highest BCUT2D eigenvalue weighted by molar-refractivity contribution is 7.09. The smallest absolute Gasteiger partial charge is 0.110 e. The van der Waals surface area contributed by atoms with Crippen LogP contribution in [0.25, 0.3) is 0 Å². The van der Waals surface area contributed by atoms with Gasteiger partial charge in [-0.1, -0.05) is 18.2 Å². The Morgan fingerprint density at radius 3 is 3.12 bits per heavy atom. The van der Waals surface area contributed by atoms with Crippen LogP contribution in [0.4, 0.5) is 5.69 Å². The third kappa shape index (κ3) is 2.06. The monoisotopic (exact) mass is 246 g/mol. The zero-order valence-electron chi connectivity index (χ0n) is 9.34. The summed E-state index contributed by atoms with van der Waals surface area (Å²) in [5, 5.41) is 13.7. The number of nitrogens with one attached hydrogen (secondary N) is 1. The van der Waals surface area contributed by atoms with Gasteiger partial charge in [0.15, 0.2) is 0 Å². The standard InChI is InChI=1S/C13H14N2OS/c16-13(12-7-14-8-17-12)11-6-5-9-3-1-2-4-10(9)15-11/h1-4,7-8,11,13,15-16H,5-6H2. The van der Waals surface area contributed by atoms with Gasteiger partial charge in [0.2, 0.25) is 0 Å². The molecule has 0 spiro atoms. The molecule has 17 heavy (non-hydrogen) atoms. The zero-order chi connectivity index (χ0) is 11.7. The summed E-state index contributed by atoms with van der Waals surface area (Å²) in [5.74, 6) is 0. The topological polar surface area (TPSA) is 45.2 Å². The van der Waals surface area contributed by atoms with E-state index in [1.165, 1.54) is 16.9 Å².